The summed E-state index contributed by atoms with van der Waals surface area (Å²) in [7, 11) is 0. The average molecular weight is 388 g/mol. The van der Waals surface area contributed by atoms with E-state index in [1.54, 1.807) is 9.13 Å². The molecule has 0 aliphatic carbocycles. The van der Waals surface area contributed by atoms with Gasteiger partial charge in [0.05, 0.1) is 24.0 Å². The van der Waals surface area contributed by atoms with Gasteiger partial charge in [0.15, 0.2) is 0 Å². The number of fused-ring (bicyclic) bond motifs is 2. The van der Waals surface area contributed by atoms with E-state index < -0.39 is 5.97 Å². The summed E-state index contributed by atoms with van der Waals surface area (Å²) in [5, 5.41) is 11.6. The molecule has 4 rings (SSSR count). The molecule has 0 spiro atoms. The van der Waals surface area contributed by atoms with Crippen molar-refractivity contribution in [2.75, 3.05) is 0 Å². The zero-order chi connectivity index (χ0) is 20.4. The Labute approximate surface area is 168 Å². The first-order valence-electron chi connectivity index (χ1n) is 9.98. The first-order chi connectivity index (χ1) is 14.1. The van der Waals surface area contributed by atoms with Gasteiger partial charge < -0.3 is 5.11 Å². The number of imidazole rings is 1. The summed E-state index contributed by atoms with van der Waals surface area (Å²) in [6.45, 7) is 2.45. The highest BCUT2D eigenvalue weighted by atomic mass is 16.4. The van der Waals surface area contributed by atoms with Crippen LogP contribution in [0.4, 0.5) is 0 Å². The van der Waals surface area contributed by atoms with Gasteiger partial charge in [0.2, 0.25) is 0 Å². The van der Waals surface area contributed by atoms with E-state index in [2.05, 4.69) is 18.2 Å². The molecule has 0 radical (unpaired) electrons. The van der Waals surface area contributed by atoms with Crippen molar-refractivity contribution < 1.29 is 9.90 Å². The van der Waals surface area contributed by atoms with Gasteiger partial charge in [-0.05, 0) is 34.9 Å². The molecule has 1 aromatic heterocycles. The Bertz CT molecular complexity index is 1230. The molecule has 29 heavy (non-hydrogen) atoms. The third-order valence-corrected chi connectivity index (χ3v) is 5.47. The number of para-hydroxylation sites is 2. The van der Waals surface area contributed by atoms with E-state index in [-0.39, 0.29) is 18.2 Å². The molecule has 0 aliphatic rings. The zero-order valence-corrected chi connectivity index (χ0v) is 16.4. The SMILES string of the molecule is CCCC(CC(=O)O)n1c(=O)n(Cc2cccc3ccccc23)c2ccccc21. The van der Waals surface area contributed by atoms with Crippen LogP contribution in [0.25, 0.3) is 21.8 Å². The Hall–Kier alpha value is -3.34. The number of aromatic nitrogens is 2. The molecule has 0 bridgehead atoms. The van der Waals surface area contributed by atoms with Crippen molar-refractivity contribution in [3.8, 4) is 0 Å². The highest BCUT2D eigenvalue weighted by Crippen LogP contribution is 2.25. The number of carboxylic acids is 1. The molecular weight excluding hydrogens is 364 g/mol. The summed E-state index contributed by atoms with van der Waals surface area (Å²) in [6, 6.07) is 21.5. The van der Waals surface area contributed by atoms with E-state index in [9.17, 15) is 14.7 Å². The minimum Gasteiger partial charge on any atom is -0.481 e. The van der Waals surface area contributed by atoms with Crippen LogP contribution in [0.5, 0.6) is 0 Å². The van der Waals surface area contributed by atoms with E-state index in [1.807, 2.05) is 55.5 Å². The molecule has 3 aromatic carbocycles. The lowest BCUT2D eigenvalue weighted by atomic mass is 10.0. The molecule has 4 aromatic rings. The summed E-state index contributed by atoms with van der Waals surface area (Å²) in [4.78, 5) is 24.9. The molecule has 0 saturated heterocycles. The van der Waals surface area contributed by atoms with Crippen molar-refractivity contribution in [3.63, 3.8) is 0 Å². The van der Waals surface area contributed by atoms with Crippen LogP contribution in [0.3, 0.4) is 0 Å². The van der Waals surface area contributed by atoms with Crippen molar-refractivity contribution in [1.82, 2.24) is 9.13 Å². The Kier molecular flexibility index (Phi) is 5.21. The number of carboxylic acid groups (broad SMARTS) is 1. The van der Waals surface area contributed by atoms with Gasteiger partial charge in [0, 0.05) is 6.04 Å². The van der Waals surface area contributed by atoms with Crippen molar-refractivity contribution in [1.29, 1.82) is 0 Å². The molecule has 0 saturated carbocycles. The minimum atomic E-state index is -0.888. The minimum absolute atomic E-state index is 0.0595. The summed E-state index contributed by atoms with van der Waals surface area (Å²) in [6.07, 6.45) is 1.40. The van der Waals surface area contributed by atoms with E-state index in [1.165, 1.54) is 0 Å². The fraction of sp³-hybridized carbons (Fsp3) is 0.250. The van der Waals surface area contributed by atoms with Gasteiger partial charge in [-0.1, -0.05) is 67.9 Å². The quantitative estimate of drug-likeness (QED) is 0.494. The maximum atomic E-state index is 13.5. The molecule has 1 N–H and O–H groups in total. The van der Waals surface area contributed by atoms with Gasteiger partial charge in [-0.3, -0.25) is 13.9 Å². The van der Waals surface area contributed by atoms with E-state index >= 15 is 0 Å². The molecule has 1 heterocycles. The van der Waals surface area contributed by atoms with E-state index in [0.29, 0.717) is 13.0 Å². The number of rotatable bonds is 7. The van der Waals surface area contributed by atoms with Crippen LogP contribution in [0, 0.1) is 0 Å². The fourth-order valence-corrected chi connectivity index (χ4v) is 4.20. The van der Waals surface area contributed by atoms with E-state index in [0.717, 1.165) is 33.8 Å². The number of nitrogens with zero attached hydrogens (tertiary/aromatic N) is 2. The topological polar surface area (TPSA) is 64.2 Å². The third kappa shape index (κ3) is 3.56. The maximum Gasteiger partial charge on any atom is 0.329 e. The van der Waals surface area contributed by atoms with Crippen molar-refractivity contribution in [2.24, 2.45) is 0 Å². The summed E-state index contributed by atoms with van der Waals surface area (Å²) < 4.78 is 3.44. The van der Waals surface area contributed by atoms with Crippen molar-refractivity contribution >= 4 is 27.8 Å². The lowest BCUT2D eigenvalue weighted by molar-refractivity contribution is -0.137. The van der Waals surface area contributed by atoms with Gasteiger partial charge in [-0.2, -0.15) is 0 Å². The van der Waals surface area contributed by atoms with Gasteiger partial charge >= 0.3 is 11.7 Å². The fourth-order valence-electron chi connectivity index (χ4n) is 4.20. The normalized spacial score (nSPS) is 12.4. The molecule has 1 atom stereocenters. The van der Waals surface area contributed by atoms with Crippen LogP contribution in [0.1, 0.15) is 37.8 Å². The molecule has 0 aliphatic heterocycles. The van der Waals surface area contributed by atoms with Crippen LogP contribution in [0.15, 0.2) is 71.5 Å². The predicted octanol–water partition coefficient (Wildman–Crippen LogP) is 4.82. The highest BCUT2D eigenvalue weighted by molar-refractivity contribution is 5.86. The number of carbonyl (C=O) groups is 1. The maximum absolute atomic E-state index is 13.5. The summed E-state index contributed by atoms with van der Waals surface area (Å²) in [5.74, 6) is -0.888. The Morgan fingerprint density at radius 3 is 2.41 bits per heavy atom. The van der Waals surface area contributed by atoms with Crippen LogP contribution < -0.4 is 5.69 Å². The van der Waals surface area contributed by atoms with Crippen molar-refractivity contribution in [2.45, 2.75) is 38.8 Å². The van der Waals surface area contributed by atoms with Gasteiger partial charge in [0.25, 0.3) is 0 Å². The van der Waals surface area contributed by atoms with Crippen LogP contribution in [0.2, 0.25) is 0 Å². The molecule has 5 heteroatoms. The van der Waals surface area contributed by atoms with Gasteiger partial charge in [-0.15, -0.1) is 0 Å². The Balaban J connectivity index is 1.88. The third-order valence-electron chi connectivity index (χ3n) is 5.47. The first-order valence-corrected chi connectivity index (χ1v) is 9.98. The molecule has 5 nitrogen and oxygen atoms in total. The zero-order valence-electron chi connectivity index (χ0n) is 16.4. The molecule has 1 unspecified atom stereocenters. The van der Waals surface area contributed by atoms with Crippen LogP contribution in [-0.2, 0) is 11.3 Å². The van der Waals surface area contributed by atoms with Crippen LogP contribution in [-0.4, -0.2) is 20.2 Å². The number of aliphatic carboxylic acids is 1. The number of hydrogen-bond acceptors (Lipinski definition) is 2. The molecule has 148 valence electrons. The highest BCUT2D eigenvalue weighted by Gasteiger charge is 2.22. The lowest BCUT2D eigenvalue weighted by Gasteiger charge is -2.16. The first kappa shape index (κ1) is 19.0. The lowest BCUT2D eigenvalue weighted by Crippen LogP contribution is -2.29. The van der Waals surface area contributed by atoms with Gasteiger partial charge in [-0.25, -0.2) is 4.79 Å². The van der Waals surface area contributed by atoms with Crippen molar-refractivity contribution in [3.05, 3.63) is 82.8 Å². The molecule has 0 fully saturated rings. The standard InChI is InChI=1S/C24H24N2O3/c1-2-8-19(15-23(27)28)26-22-14-6-5-13-21(22)25(24(26)29)16-18-11-7-10-17-9-3-4-12-20(17)18/h3-7,9-14,19H,2,8,15-16H2,1H3,(H,27,28). The molecular formula is C24H24N2O3. The largest absolute Gasteiger partial charge is 0.481 e. The van der Waals surface area contributed by atoms with E-state index in [4.69, 9.17) is 0 Å². The second-order valence-electron chi connectivity index (χ2n) is 7.41. The Morgan fingerprint density at radius 2 is 1.66 bits per heavy atom. The number of hydrogen-bond donors (Lipinski definition) is 1. The molecule has 0 amide bonds. The van der Waals surface area contributed by atoms with Gasteiger partial charge in [0.1, 0.15) is 0 Å². The second kappa shape index (κ2) is 7.95. The average Bonchev–Trinajstić information content (AvgIpc) is 2.99. The monoisotopic (exact) mass is 388 g/mol. The smallest absolute Gasteiger partial charge is 0.329 e. The number of benzene rings is 3. The second-order valence-corrected chi connectivity index (χ2v) is 7.41. The summed E-state index contributed by atoms with van der Waals surface area (Å²) >= 11 is 0. The predicted molar refractivity (Wildman–Crippen MR) is 115 cm³/mol. The van der Waals surface area contributed by atoms with Crippen LogP contribution >= 0.6 is 0 Å². The Morgan fingerprint density at radius 1 is 0.966 bits per heavy atom. The summed E-state index contributed by atoms with van der Waals surface area (Å²) in [5.41, 5.74) is 2.53.